The molecule has 0 rings (SSSR count). The largest absolute Gasteiger partial charge is 0 e. The van der Waals surface area contributed by atoms with Crippen molar-refractivity contribution in [1.82, 2.24) is 0 Å². The maximum Gasteiger partial charge on any atom is 0 e. The average Bonchev–Trinajstić information content (AvgIpc) is 0. The Hall–Kier alpha value is 1.76. The molecule has 0 aliphatic heterocycles. The van der Waals surface area contributed by atoms with Gasteiger partial charge in [0, 0.05) is 61.9 Å². The van der Waals surface area contributed by atoms with Crippen LogP contribution in [0.15, 0.2) is 0 Å². The van der Waals surface area contributed by atoms with Crippen LogP contribution in [-0.4, -0.2) is 11.0 Å². The molecule has 0 amide bonds. The molecule has 0 aromatic carbocycles. The fraction of sp³-hybridized carbons (Fsp3) is 0. The molecule has 5 radical (unpaired) electrons. The van der Waals surface area contributed by atoms with Gasteiger partial charge in [-0.15, -0.1) is 0 Å². The van der Waals surface area contributed by atoms with Gasteiger partial charge in [0.1, 0.15) is 0 Å². The van der Waals surface area contributed by atoms with Gasteiger partial charge in [-0.25, -0.2) is 0 Å². The van der Waals surface area contributed by atoms with Crippen molar-refractivity contribution >= 4 is 11.0 Å². The molecule has 0 fully saturated rings. The van der Waals surface area contributed by atoms with Crippen molar-refractivity contribution in [2.45, 2.75) is 0 Å². The van der Waals surface area contributed by atoms with E-state index in [-0.39, 0.29) is 61.9 Å². The Morgan fingerprint density at radius 1 is 1.00 bits per heavy atom. The first kappa shape index (κ1) is 42.1. The first-order chi connectivity index (χ1) is 0. The van der Waals surface area contributed by atoms with E-state index in [9.17, 15) is 0 Å². The SMILES string of the molecule is [Cr].[Mn].[Ni].[Si]. The van der Waals surface area contributed by atoms with E-state index >= 15 is 0 Å². The summed E-state index contributed by atoms with van der Waals surface area (Å²) >= 11 is 0. The van der Waals surface area contributed by atoms with Crippen LogP contribution in [0.25, 0.3) is 0 Å². The smallest absolute Gasteiger partial charge is 0 e. The van der Waals surface area contributed by atoms with Gasteiger partial charge in [-0.1, -0.05) is 0 Å². The molecule has 0 N–H and O–H groups in total. The fourth-order valence-electron chi connectivity index (χ4n) is 0. The predicted molar refractivity (Wildman–Crippen MR) is 5.75 cm³/mol. The van der Waals surface area contributed by atoms with Crippen LogP contribution >= 0.6 is 0 Å². The van der Waals surface area contributed by atoms with E-state index in [0.29, 0.717) is 0 Å². The Balaban J connectivity index is 0. The van der Waals surface area contributed by atoms with Crippen LogP contribution in [0.3, 0.4) is 0 Å². The van der Waals surface area contributed by atoms with Gasteiger partial charge in [0.15, 0.2) is 0 Å². The molecule has 0 saturated heterocycles. The second kappa shape index (κ2) is 21.7. The van der Waals surface area contributed by atoms with E-state index in [2.05, 4.69) is 0 Å². The van der Waals surface area contributed by atoms with Gasteiger partial charge in [0.2, 0.25) is 0 Å². The van der Waals surface area contributed by atoms with E-state index < -0.39 is 0 Å². The molecule has 0 atom stereocenters. The van der Waals surface area contributed by atoms with Crippen molar-refractivity contribution in [3.8, 4) is 0 Å². The third-order valence-electron chi connectivity index (χ3n) is 0. The van der Waals surface area contributed by atoms with Crippen LogP contribution in [0.5, 0.6) is 0 Å². The molecule has 4 heteroatoms. The van der Waals surface area contributed by atoms with Gasteiger partial charge in [-0.05, 0) is 0 Å². The number of hydrogen-bond acceptors (Lipinski definition) is 0. The Morgan fingerprint density at radius 2 is 1.00 bits per heavy atom. The van der Waals surface area contributed by atoms with Gasteiger partial charge < -0.3 is 0 Å². The molecule has 0 nitrogen and oxygen atoms in total. The van der Waals surface area contributed by atoms with Crippen LogP contribution in [-0.2, 0) is 50.9 Å². The molecular weight excluding hydrogens is 194 g/mol. The van der Waals surface area contributed by atoms with Crippen molar-refractivity contribution in [1.29, 1.82) is 0 Å². The van der Waals surface area contributed by atoms with Crippen LogP contribution in [0.4, 0.5) is 0 Å². The zero-order chi connectivity index (χ0) is 0. The molecule has 4 heavy (non-hydrogen) atoms. The minimum atomic E-state index is 0. The van der Waals surface area contributed by atoms with Crippen LogP contribution in [0.1, 0.15) is 0 Å². The summed E-state index contributed by atoms with van der Waals surface area (Å²) in [4.78, 5) is 0. The van der Waals surface area contributed by atoms with Crippen LogP contribution in [0.2, 0.25) is 0 Å². The second-order valence-electron chi connectivity index (χ2n) is 0. The first-order valence-electron chi connectivity index (χ1n) is 0. The Labute approximate surface area is 61.7 Å². The summed E-state index contributed by atoms with van der Waals surface area (Å²) in [5.74, 6) is 0. The van der Waals surface area contributed by atoms with Crippen molar-refractivity contribution < 1.29 is 50.9 Å². The molecular formula is CrMnNiSi. The molecule has 0 saturated carbocycles. The molecule has 0 spiro atoms. The number of rotatable bonds is 0. The van der Waals surface area contributed by atoms with Gasteiger partial charge >= 0.3 is 0 Å². The van der Waals surface area contributed by atoms with Gasteiger partial charge in [0.25, 0.3) is 0 Å². The average molecular weight is 194 g/mol. The molecule has 0 aliphatic carbocycles. The van der Waals surface area contributed by atoms with E-state index in [1.807, 2.05) is 0 Å². The van der Waals surface area contributed by atoms with Gasteiger partial charge in [0.05, 0.1) is 0 Å². The standard InChI is InChI=1S/Cr.Mn.Ni.Si. The minimum absolute atomic E-state index is 0. The summed E-state index contributed by atoms with van der Waals surface area (Å²) in [6, 6.07) is 0. The van der Waals surface area contributed by atoms with Gasteiger partial charge in [-0.3, -0.25) is 0 Å². The molecule has 0 aromatic rings. The summed E-state index contributed by atoms with van der Waals surface area (Å²) in [5.41, 5.74) is 0. The zero-order valence-corrected chi connectivity index (χ0v) is 6.05. The molecule has 0 aliphatic rings. The Kier molecular flexibility index (Phi) is 228. The summed E-state index contributed by atoms with van der Waals surface area (Å²) < 4.78 is 0. The van der Waals surface area contributed by atoms with E-state index in [1.54, 1.807) is 0 Å². The second-order valence-corrected chi connectivity index (χ2v) is 0. The Morgan fingerprint density at radius 3 is 1.00 bits per heavy atom. The molecule has 0 heterocycles. The topological polar surface area (TPSA) is 0 Å². The van der Waals surface area contributed by atoms with Crippen LogP contribution < -0.4 is 0 Å². The molecule has 0 unspecified atom stereocenters. The maximum atomic E-state index is 0. The van der Waals surface area contributed by atoms with E-state index in [0.717, 1.165) is 0 Å². The molecule has 27 valence electrons. The molecule has 0 bridgehead atoms. The van der Waals surface area contributed by atoms with Crippen LogP contribution in [0, 0.1) is 0 Å². The fourth-order valence-corrected chi connectivity index (χ4v) is 0. The summed E-state index contributed by atoms with van der Waals surface area (Å²) in [7, 11) is 0. The maximum absolute atomic E-state index is 0. The molecule has 0 aromatic heterocycles. The summed E-state index contributed by atoms with van der Waals surface area (Å²) in [6.07, 6.45) is 0. The van der Waals surface area contributed by atoms with E-state index in [1.165, 1.54) is 0 Å². The van der Waals surface area contributed by atoms with Crippen molar-refractivity contribution in [3.63, 3.8) is 0 Å². The minimum Gasteiger partial charge on any atom is 0 e. The third-order valence-corrected chi connectivity index (χ3v) is 0. The van der Waals surface area contributed by atoms with Gasteiger partial charge in [-0.2, -0.15) is 0 Å². The van der Waals surface area contributed by atoms with E-state index in [4.69, 9.17) is 0 Å². The van der Waals surface area contributed by atoms with Crippen molar-refractivity contribution in [3.05, 3.63) is 0 Å². The Bertz CT molecular complexity index is 8.00. The van der Waals surface area contributed by atoms with Crippen molar-refractivity contribution in [2.24, 2.45) is 0 Å². The summed E-state index contributed by atoms with van der Waals surface area (Å²) in [5, 5.41) is 0. The quantitative estimate of drug-likeness (QED) is 0.460. The predicted octanol–water partition coefficient (Wildman–Crippen LogP) is -0.388. The summed E-state index contributed by atoms with van der Waals surface area (Å²) in [6.45, 7) is 0. The monoisotopic (exact) mass is 193 g/mol. The van der Waals surface area contributed by atoms with Crippen molar-refractivity contribution in [2.75, 3.05) is 0 Å². The normalized spacial score (nSPS) is 0. The first-order valence-corrected chi connectivity index (χ1v) is 0. The number of hydrogen-bond donors (Lipinski definition) is 0. The zero-order valence-electron chi connectivity index (χ0n) is 1.60. The third kappa shape index (κ3) is 9.24.